The van der Waals surface area contributed by atoms with E-state index in [1.807, 2.05) is 0 Å². The highest BCUT2D eigenvalue weighted by atomic mass is 19.1. The summed E-state index contributed by atoms with van der Waals surface area (Å²) in [7, 11) is 0. The Hall–Kier alpha value is -1.49. The molecule has 0 radical (unpaired) electrons. The summed E-state index contributed by atoms with van der Waals surface area (Å²) in [5.74, 6) is -1.98. The van der Waals surface area contributed by atoms with Gasteiger partial charge >= 0.3 is 0 Å². The third-order valence-electron chi connectivity index (χ3n) is 2.85. The molecular weight excluding hydrogens is 226 g/mol. The minimum absolute atomic E-state index is 0.0632. The SMILES string of the molecule is O=C(NC1CCNCC1)c1ccc(F)cc1F. The van der Waals surface area contributed by atoms with Gasteiger partial charge in [-0.25, -0.2) is 8.78 Å². The van der Waals surface area contributed by atoms with Crippen molar-refractivity contribution in [2.45, 2.75) is 18.9 Å². The predicted octanol–water partition coefficient (Wildman–Crippen LogP) is 1.45. The maximum atomic E-state index is 13.3. The molecule has 17 heavy (non-hydrogen) atoms. The van der Waals surface area contributed by atoms with E-state index >= 15 is 0 Å². The van der Waals surface area contributed by atoms with Crippen LogP contribution < -0.4 is 10.6 Å². The molecule has 1 saturated heterocycles. The highest BCUT2D eigenvalue weighted by Gasteiger charge is 2.18. The van der Waals surface area contributed by atoms with Crippen molar-refractivity contribution in [2.24, 2.45) is 0 Å². The van der Waals surface area contributed by atoms with Gasteiger partial charge in [0.15, 0.2) is 0 Å². The van der Waals surface area contributed by atoms with Crippen LogP contribution in [0.25, 0.3) is 0 Å². The Morgan fingerprint density at radius 3 is 2.65 bits per heavy atom. The van der Waals surface area contributed by atoms with Crippen molar-refractivity contribution in [3.8, 4) is 0 Å². The average molecular weight is 240 g/mol. The normalized spacial score (nSPS) is 16.8. The second kappa shape index (κ2) is 5.23. The lowest BCUT2D eigenvalue weighted by molar-refractivity contribution is 0.0925. The van der Waals surface area contributed by atoms with E-state index < -0.39 is 17.5 Å². The van der Waals surface area contributed by atoms with Gasteiger partial charge < -0.3 is 10.6 Å². The molecule has 1 amide bonds. The van der Waals surface area contributed by atoms with E-state index in [1.165, 1.54) is 6.07 Å². The molecule has 2 N–H and O–H groups in total. The van der Waals surface area contributed by atoms with Gasteiger partial charge in [-0.15, -0.1) is 0 Å². The first-order valence-electron chi connectivity index (χ1n) is 5.63. The number of carbonyl (C=O) groups excluding carboxylic acids is 1. The first-order chi connectivity index (χ1) is 8.16. The van der Waals surface area contributed by atoms with Crippen LogP contribution in [-0.2, 0) is 0 Å². The smallest absolute Gasteiger partial charge is 0.254 e. The summed E-state index contributed by atoms with van der Waals surface area (Å²) in [5, 5.41) is 5.93. The molecule has 0 unspecified atom stereocenters. The van der Waals surface area contributed by atoms with Crippen LogP contribution in [0.2, 0.25) is 0 Å². The van der Waals surface area contributed by atoms with E-state index in [0.29, 0.717) is 0 Å². The van der Waals surface area contributed by atoms with Gasteiger partial charge in [0.1, 0.15) is 11.6 Å². The van der Waals surface area contributed by atoms with Crippen molar-refractivity contribution >= 4 is 5.91 Å². The monoisotopic (exact) mass is 240 g/mol. The molecule has 1 aliphatic heterocycles. The number of hydrogen-bond donors (Lipinski definition) is 2. The summed E-state index contributed by atoms with van der Waals surface area (Å²) in [5.41, 5.74) is -0.107. The molecule has 5 heteroatoms. The number of benzene rings is 1. The van der Waals surface area contributed by atoms with Crippen molar-refractivity contribution in [1.29, 1.82) is 0 Å². The summed E-state index contributed by atoms with van der Waals surface area (Å²) in [6.45, 7) is 1.69. The highest BCUT2D eigenvalue weighted by Crippen LogP contribution is 2.11. The van der Waals surface area contributed by atoms with Gasteiger partial charge in [-0.2, -0.15) is 0 Å². The number of amides is 1. The third kappa shape index (κ3) is 3.00. The van der Waals surface area contributed by atoms with Gasteiger partial charge in [0, 0.05) is 12.1 Å². The maximum absolute atomic E-state index is 13.3. The Labute approximate surface area is 98.2 Å². The average Bonchev–Trinajstić information content (AvgIpc) is 2.30. The molecule has 0 bridgehead atoms. The zero-order valence-electron chi connectivity index (χ0n) is 9.30. The van der Waals surface area contributed by atoms with Gasteiger partial charge in [0.05, 0.1) is 5.56 Å². The maximum Gasteiger partial charge on any atom is 0.254 e. The molecule has 0 aromatic heterocycles. The number of rotatable bonds is 2. The van der Waals surface area contributed by atoms with Gasteiger partial charge in [0.2, 0.25) is 0 Å². The van der Waals surface area contributed by atoms with Gasteiger partial charge in [-0.3, -0.25) is 4.79 Å². The number of piperidine rings is 1. The summed E-state index contributed by atoms with van der Waals surface area (Å²) in [6, 6.07) is 3.03. The number of carbonyl (C=O) groups is 1. The van der Waals surface area contributed by atoms with Crippen LogP contribution in [0.3, 0.4) is 0 Å². The zero-order valence-corrected chi connectivity index (χ0v) is 9.30. The molecule has 2 rings (SSSR count). The van der Waals surface area contributed by atoms with E-state index in [0.717, 1.165) is 38.1 Å². The quantitative estimate of drug-likeness (QED) is 0.821. The van der Waals surface area contributed by atoms with Crippen molar-refractivity contribution < 1.29 is 13.6 Å². The molecule has 1 fully saturated rings. The number of halogens is 2. The molecule has 1 aromatic rings. The van der Waals surface area contributed by atoms with Gasteiger partial charge in [-0.05, 0) is 38.1 Å². The van der Waals surface area contributed by atoms with Crippen LogP contribution in [-0.4, -0.2) is 25.0 Å². The van der Waals surface area contributed by atoms with Crippen molar-refractivity contribution in [3.05, 3.63) is 35.4 Å². The summed E-state index contributed by atoms with van der Waals surface area (Å²) in [4.78, 5) is 11.8. The van der Waals surface area contributed by atoms with E-state index in [-0.39, 0.29) is 11.6 Å². The standard InChI is InChI=1S/C12H14F2N2O/c13-8-1-2-10(11(14)7-8)12(17)16-9-3-5-15-6-4-9/h1-2,7,9,15H,3-6H2,(H,16,17). The number of nitrogens with one attached hydrogen (secondary N) is 2. The third-order valence-corrected chi connectivity index (χ3v) is 2.85. The van der Waals surface area contributed by atoms with E-state index in [2.05, 4.69) is 10.6 Å². The molecule has 3 nitrogen and oxygen atoms in total. The van der Waals surface area contributed by atoms with Crippen LogP contribution in [0.1, 0.15) is 23.2 Å². The molecule has 0 saturated carbocycles. The minimum atomic E-state index is -0.823. The fraction of sp³-hybridized carbons (Fsp3) is 0.417. The molecule has 92 valence electrons. The Morgan fingerprint density at radius 1 is 1.29 bits per heavy atom. The highest BCUT2D eigenvalue weighted by molar-refractivity contribution is 5.94. The molecule has 1 aromatic carbocycles. The summed E-state index contributed by atoms with van der Waals surface area (Å²) >= 11 is 0. The van der Waals surface area contributed by atoms with E-state index in [1.54, 1.807) is 0 Å². The molecule has 0 aliphatic carbocycles. The molecule has 0 spiro atoms. The first-order valence-corrected chi connectivity index (χ1v) is 5.63. The topological polar surface area (TPSA) is 41.1 Å². The molecular formula is C12H14F2N2O. The minimum Gasteiger partial charge on any atom is -0.349 e. The molecule has 1 aliphatic rings. The van der Waals surface area contributed by atoms with Crippen molar-refractivity contribution in [1.82, 2.24) is 10.6 Å². The molecule has 1 heterocycles. The largest absolute Gasteiger partial charge is 0.349 e. The van der Waals surface area contributed by atoms with Crippen LogP contribution in [0.5, 0.6) is 0 Å². The second-order valence-corrected chi connectivity index (χ2v) is 4.12. The van der Waals surface area contributed by atoms with Crippen molar-refractivity contribution in [3.63, 3.8) is 0 Å². The van der Waals surface area contributed by atoms with Gasteiger partial charge in [0.25, 0.3) is 5.91 Å². The number of hydrogen-bond acceptors (Lipinski definition) is 2. The second-order valence-electron chi connectivity index (χ2n) is 4.12. The first kappa shape index (κ1) is 12.0. The van der Waals surface area contributed by atoms with Gasteiger partial charge in [-0.1, -0.05) is 0 Å². The van der Waals surface area contributed by atoms with Crippen LogP contribution in [0.15, 0.2) is 18.2 Å². The fourth-order valence-corrected chi connectivity index (χ4v) is 1.90. The van der Waals surface area contributed by atoms with Crippen LogP contribution >= 0.6 is 0 Å². The molecule has 0 atom stereocenters. The van der Waals surface area contributed by atoms with E-state index in [9.17, 15) is 13.6 Å². The Morgan fingerprint density at radius 2 is 2.00 bits per heavy atom. The van der Waals surface area contributed by atoms with Crippen LogP contribution in [0, 0.1) is 11.6 Å². The van der Waals surface area contributed by atoms with Crippen LogP contribution in [0.4, 0.5) is 8.78 Å². The zero-order chi connectivity index (χ0) is 12.3. The Kier molecular flexibility index (Phi) is 3.68. The lowest BCUT2D eigenvalue weighted by Gasteiger charge is -2.23. The predicted molar refractivity (Wildman–Crippen MR) is 59.7 cm³/mol. The van der Waals surface area contributed by atoms with Crippen molar-refractivity contribution in [2.75, 3.05) is 13.1 Å². The van der Waals surface area contributed by atoms with E-state index in [4.69, 9.17) is 0 Å². The summed E-state index contributed by atoms with van der Waals surface area (Å²) < 4.78 is 26.0. The Balaban J connectivity index is 2.03. The Bertz CT molecular complexity index is 417. The lowest BCUT2D eigenvalue weighted by Crippen LogP contribution is -2.42. The fourth-order valence-electron chi connectivity index (χ4n) is 1.90. The summed E-state index contributed by atoms with van der Waals surface area (Å²) in [6.07, 6.45) is 1.66. The lowest BCUT2D eigenvalue weighted by atomic mass is 10.1.